The van der Waals surface area contributed by atoms with E-state index in [1.807, 2.05) is 54.6 Å². The van der Waals surface area contributed by atoms with Crippen molar-refractivity contribution < 1.29 is 14.3 Å². The van der Waals surface area contributed by atoms with Gasteiger partial charge in [-0.2, -0.15) is 0 Å². The minimum atomic E-state index is -0.765. The molecule has 3 rings (SSSR count). The van der Waals surface area contributed by atoms with Gasteiger partial charge in [-0.1, -0.05) is 42.5 Å². The molecule has 0 unspecified atom stereocenters. The molecule has 0 spiro atoms. The van der Waals surface area contributed by atoms with Crippen molar-refractivity contribution in [3.8, 4) is 5.75 Å². The number of benzene rings is 2. The van der Waals surface area contributed by atoms with E-state index in [4.69, 9.17) is 9.15 Å². The van der Waals surface area contributed by atoms with Crippen molar-refractivity contribution in [2.45, 2.75) is 6.10 Å². The van der Waals surface area contributed by atoms with Crippen molar-refractivity contribution >= 4 is 11.0 Å². The molecule has 0 fully saturated rings. The summed E-state index contributed by atoms with van der Waals surface area (Å²) < 4.78 is 11.0. The van der Waals surface area contributed by atoms with E-state index in [1.165, 1.54) is 0 Å². The van der Waals surface area contributed by atoms with Crippen LogP contribution < -0.4 is 4.74 Å². The first-order valence-electron chi connectivity index (χ1n) is 6.09. The second kappa shape index (κ2) is 4.78. The van der Waals surface area contributed by atoms with Gasteiger partial charge in [0.25, 0.3) is 0 Å². The highest BCUT2D eigenvalue weighted by Gasteiger charge is 2.16. The van der Waals surface area contributed by atoms with Crippen LogP contribution in [0.1, 0.15) is 17.4 Å². The number of ether oxygens (including phenoxy) is 1. The van der Waals surface area contributed by atoms with Crippen LogP contribution >= 0.6 is 0 Å². The molecule has 1 atom stereocenters. The van der Waals surface area contributed by atoms with Gasteiger partial charge in [-0.25, -0.2) is 0 Å². The Morgan fingerprint density at radius 1 is 1.05 bits per heavy atom. The number of methoxy groups -OCH3 is 1. The topological polar surface area (TPSA) is 42.6 Å². The number of aliphatic hydroxyl groups excluding tert-OH is 1. The quantitative estimate of drug-likeness (QED) is 0.777. The summed E-state index contributed by atoms with van der Waals surface area (Å²) in [5.41, 5.74) is 1.47. The summed E-state index contributed by atoms with van der Waals surface area (Å²) >= 11 is 0. The number of hydrogen-bond donors (Lipinski definition) is 1. The summed E-state index contributed by atoms with van der Waals surface area (Å²) in [5.74, 6) is 1.19. The Morgan fingerprint density at radius 3 is 2.58 bits per heavy atom. The van der Waals surface area contributed by atoms with E-state index in [2.05, 4.69) is 0 Å². The molecule has 0 radical (unpaired) electrons. The fourth-order valence-corrected chi connectivity index (χ4v) is 2.15. The first-order valence-corrected chi connectivity index (χ1v) is 6.09. The minimum Gasteiger partial charge on any atom is -0.493 e. The van der Waals surface area contributed by atoms with Crippen LogP contribution in [0.5, 0.6) is 5.75 Å². The first-order chi connectivity index (χ1) is 9.29. The fourth-order valence-electron chi connectivity index (χ4n) is 2.15. The van der Waals surface area contributed by atoms with Crippen LogP contribution in [-0.4, -0.2) is 12.2 Å². The number of para-hydroxylation sites is 1. The van der Waals surface area contributed by atoms with E-state index in [1.54, 1.807) is 7.11 Å². The zero-order valence-electron chi connectivity index (χ0n) is 10.5. The van der Waals surface area contributed by atoms with Crippen LogP contribution in [0.2, 0.25) is 0 Å². The van der Waals surface area contributed by atoms with E-state index in [0.29, 0.717) is 17.1 Å². The standard InChI is InChI=1S/C16H14O3/c1-18-13-9-5-8-12-10-14(19-16(12)13)15(17)11-6-3-2-4-7-11/h2-10,15,17H,1H3/t15-/m1/s1. The van der Waals surface area contributed by atoms with Crippen LogP contribution in [0.25, 0.3) is 11.0 Å². The predicted molar refractivity (Wildman–Crippen MR) is 73.3 cm³/mol. The average molecular weight is 254 g/mol. The summed E-state index contributed by atoms with van der Waals surface area (Å²) in [6.07, 6.45) is -0.765. The van der Waals surface area contributed by atoms with E-state index in [9.17, 15) is 5.11 Å². The van der Waals surface area contributed by atoms with Gasteiger partial charge in [-0.3, -0.25) is 0 Å². The van der Waals surface area contributed by atoms with Crippen molar-refractivity contribution in [2.75, 3.05) is 7.11 Å². The minimum absolute atomic E-state index is 0.519. The van der Waals surface area contributed by atoms with Crippen LogP contribution in [0.3, 0.4) is 0 Å². The molecule has 0 aliphatic carbocycles. The maximum Gasteiger partial charge on any atom is 0.176 e. The third kappa shape index (κ3) is 2.09. The highest BCUT2D eigenvalue weighted by Crippen LogP contribution is 2.32. The molecule has 0 aliphatic rings. The highest BCUT2D eigenvalue weighted by atomic mass is 16.5. The lowest BCUT2D eigenvalue weighted by molar-refractivity contribution is 0.192. The van der Waals surface area contributed by atoms with Gasteiger partial charge < -0.3 is 14.3 Å². The molecule has 0 amide bonds. The Morgan fingerprint density at radius 2 is 1.84 bits per heavy atom. The number of furan rings is 1. The summed E-state index contributed by atoms with van der Waals surface area (Å²) in [6, 6.07) is 16.9. The van der Waals surface area contributed by atoms with Crippen molar-refractivity contribution in [1.82, 2.24) is 0 Å². The highest BCUT2D eigenvalue weighted by molar-refractivity contribution is 5.83. The molecule has 3 aromatic rings. The molecule has 0 bridgehead atoms. The summed E-state index contributed by atoms with van der Waals surface area (Å²) in [4.78, 5) is 0. The molecule has 0 aliphatic heterocycles. The van der Waals surface area contributed by atoms with Gasteiger partial charge in [0.05, 0.1) is 7.11 Å². The second-order valence-corrected chi connectivity index (χ2v) is 4.34. The predicted octanol–water partition coefficient (Wildman–Crippen LogP) is 3.52. The monoisotopic (exact) mass is 254 g/mol. The maximum atomic E-state index is 10.3. The normalized spacial score (nSPS) is 12.5. The maximum absolute atomic E-state index is 10.3. The second-order valence-electron chi connectivity index (χ2n) is 4.34. The Hall–Kier alpha value is -2.26. The molecule has 19 heavy (non-hydrogen) atoms. The van der Waals surface area contributed by atoms with E-state index in [0.717, 1.165) is 10.9 Å². The zero-order valence-corrected chi connectivity index (χ0v) is 10.5. The van der Waals surface area contributed by atoms with Crippen LogP contribution in [0.15, 0.2) is 59.0 Å². The fraction of sp³-hybridized carbons (Fsp3) is 0.125. The number of aliphatic hydroxyl groups is 1. The van der Waals surface area contributed by atoms with Crippen molar-refractivity contribution in [3.63, 3.8) is 0 Å². The molecule has 1 heterocycles. The number of fused-ring (bicyclic) bond motifs is 1. The van der Waals surface area contributed by atoms with Crippen molar-refractivity contribution in [3.05, 3.63) is 65.9 Å². The van der Waals surface area contributed by atoms with Gasteiger partial charge in [0.1, 0.15) is 11.9 Å². The van der Waals surface area contributed by atoms with Gasteiger partial charge in [0.15, 0.2) is 11.3 Å². The largest absolute Gasteiger partial charge is 0.493 e. The van der Waals surface area contributed by atoms with Crippen LogP contribution in [-0.2, 0) is 0 Å². The van der Waals surface area contributed by atoms with Gasteiger partial charge >= 0.3 is 0 Å². The van der Waals surface area contributed by atoms with Gasteiger partial charge in [-0.05, 0) is 17.7 Å². The average Bonchev–Trinajstić information content (AvgIpc) is 2.91. The SMILES string of the molecule is COc1cccc2cc([C@H](O)c3ccccc3)oc12. The Bertz CT molecular complexity index is 686. The molecule has 0 saturated heterocycles. The van der Waals surface area contributed by atoms with Gasteiger partial charge in [-0.15, -0.1) is 0 Å². The molecule has 3 heteroatoms. The lowest BCUT2D eigenvalue weighted by atomic mass is 10.1. The van der Waals surface area contributed by atoms with Crippen molar-refractivity contribution in [1.29, 1.82) is 0 Å². The smallest absolute Gasteiger partial charge is 0.176 e. The van der Waals surface area contributed by atoms with E-state index >= 15 is 0 Å². The molecule has 96 valence electrons. The first kappa shape index (κ1) is 11.8. The molecule has 1 N–H and O–H groups in total. The zero-order chi connectivity index (χ0) is 13.2. The lowest BCUT2D eigenvalue weighted by Gasteiger charge is -2.07. The summed E-state index contributed by atoms with van der Waals surface area (Å²) in [5, 5.41) is 11.2. The Balaban J connectivity index is 2.06. The van der Waals surface area contributed by atoms with E-state index in [-0.39, 0.29) is 0 Å². The number of hydrogen-bond acceptors (Lipinski definition) is 3. The molecule has 1 aromatic heterocycles. The Kier molecular flexibility index (Phi) is 2.97. The van der Waals surface area contributed by atoms with Crippen LogP contribution in [0, 0.1) is 0 Å². The lowest BCUT2D eigenvalue weighted by Crippen LogP contribution is -1.96. The molecular weight excluding hydrogens is 240 g/mol. The molecule has 0 saturated carbocycles. The molecule has 3 nitrogen and oxygen atoms in total. The molecular formula is C16H14O3. The summed E-state index contributed by atoms with van der Waals surface area (Å²) in [7, 11) is 1.60. The third-order valence-corrected chi connectivity index (χ3v) is 3.13. The van der Waals surface area contributed by atoms with Gasteiger partial charge in [0.2, 0.25) is 0 Å². The van der Waals surface area contributed by atoms with E-state index < -0.39 is 6.10 Å². The van der Waals surface area contributed by atoms with Crippen LogP contribution in [0.4, 0.5) is 0 Å². The third-order valence-electron chi connectivity index (χ3n) is 3.13. The van der Waals surface area contributed by atoms with Gasteiger partial charge in [0, 0.05) is 5.39 Å². The number of rotatable bonds is 3. The Labute approximate surface area is 111 Å². The summed E-state index contributed by atoms with van der Waals surface area (Å²) in [6.45, 7) is 0. The van der Waals surface area contributed by atoms with Crippen molar-refractivity contribution in [2.24, 2.45) is 0 Å². The molecule has 2 aromatic carbocycles.